The number of carbonyl (C=O) groups is 3. The van der Waals surface area contributed by atoms with E-state index in [-0.39, 0.29) is 31.6 Å². The molecule has 1 saturated carbocycles. The largest absolute Gasteiger partial charge is 0.481 e. The molecule has 2 aromatic carbocycles. The molecule has 0 radical (unpaired) electrons. The maximum atomic E-state index is 12.8. The number of carbonyl (C=O) groups excluding carboxylic acids is 2. The normalized spacial score (nSPS) is 22.2. The van der Waals surface area contributed by atoms with E-state index in [1.54, 1.807) is 0 Å². The summed E-state index contributed by atoms with van der Waals surface area (Å²) in [6.45, 7) is 0.720. The van der Waals surface area contributed by atoms with Gasteiger partial charge in [0.25, 0.3) is 0 Å². The number of rotatable bonds is 7. The van der Waals surface area contributed by atoms with Gasteiger partial charge in [-0.15, -0.1) is 0 Å². The molecule has 0 bridgehead atoms. The van der Waals surface area contributed by atoms with E-state index in [4.69, 9.17) is 9.47 Å². The summed E-state index contributed by atoms with van der Waals surface area (Å²) in [5.41, 5.74) is 2.34. The van der Waals surface area contributed by atoms with Crippen molar-refractivity contribution in [3.63, 3.8) is 0 Å². The van der Waals surface area contributed by atoms with Crippen molar-refractivity contribution < 1.29 is 29.0 Å². The highest BCUT2D eigenvalue weighted by molar-refractivity contribution is 5.93. The van der Waals surface area contributed by atoms with Gasteiger partial charge in [-0.05, 0) is 47.9 Å². The topological polar surface area (TPSA) is 114 Å². The third-order valence-electron chi connectivity index (χ3n) is 7.23. The molecular formula is C26H28N2O6. The molecule has 8 nitrogen and oxygen atoms in total. The molecular weight excluding hydrogens is 436 g/mol. The SMILES string of the molecule is O=C(NC1(C(=O)NCC2(C(=O)O)CCCOC2)CC1)OCC1c2ccccc2-c2ccccc21. The summed E-state index contributed by atoms with van der Waals surface area (Å²) in [4.78, 5) is 37.3. The molecule has 1 heterocycles. The minimum atomic E-state index is -1.13. The van der Waals surface area contributed by atoms with Crippen LogP contribution in [-0.2, 0) is 19.1 Å². The van der Waals surface area contributed by atoms with E-state index in [0.717, 1.165) is 22.3 Å². The predicted molar refractivity (Wildman–Crippen MR) is 123 cm³/mol. The van der Waals surface area contributed by atoms with E-state index in [1.165, 1.54) is 0 Å². The Hall–Kier alpha value is -3.39. The van der Waals surface area contributed by atoms with Gasteiger partial charge in [0.1, 0.15) is 17.6 Å². The Bertz CT molecular complexity index is 1070. The summed E-state index contributed by atoms with van der Waals surface area (Å²) in [6.07, 6.45) is 1.39. The average Bonchev–Trinajstić information content (AvgIpc) is 3.57. The van der Waals surface area contributed by atoms with E-state index in [2.05, 4.69) is 22.8 Å². The van der Waals surface area contributed by atoms with Crippen LogP contribution < -0.4 is 10.6 Å². The predicted octanol–water partition coefficient (Wildman–Crippen LogP) is 3.06. The maximum Gasteiger partial charge on any atom is 0.408 e. The Labute approximate surface area is 197 Å². The molecule has 1 saturated heterocycles. The first-order valence-electron chi connectivity index (χ1n) is 11.7. The maximum absolute atomic E-state index is 12.8. The lowest BCUT2D eigenvalue weighted by molar-refractivity contribution is -0.157. The Kier molecular flexibility index (Phi) is 5.77. The lowest BCUT2D eigenvalue weighted by Crippen LogP contribution is -2.54. The number of alkyl carbamates (subject to hydrolysis) is 1. The Morgan fingerprint density at radius 1 is 1.00 bits per heavy atom. The Morgan fingerprint density at radius 3 is 2.21 bits per heavy atom. The first kappa shape index (κ1) is 22.4. The second-order valence-corrected chi connectivity index (χ2v) is 9.46. The summed E-state index contributed by atoms with van der Waals surface area (Å²) in [5, 5.41) is 15.1. The molecule has 2 amide bonds. The fourth-order valence-corrected chi connectivity index (χ4v) is 5.02. The molecule has 8 heteroatoms. The highest BCUT2D eigenvalue weighted by Gasteiger charge is 2.52. The number of aliphatic carboxylic acids is 1. The van der Waals surface area contributed by atoms with E-state index in [1.807, 2.05) is 36.4 Å². The number of amides is 2. The number of carboxylic acids is 1. The van der Waals surface area contributed by atoms with E-state index in [9.17, 15) is 19.5 Å². The molecule has 3 N–H and O–H groups in total. The zero-order valence-corrected chi connectivity index (χ0v) is 18.8. The minimum absolute atomic E-state index is 0.0325. The summed E-state index contributed by atoms with van der Waals surface area (Å²) in [5.74, 6) is -1.43. The van der Waals surface area contributed by atoms with Crippen molar-refractivity contribution in [1.82, 2.24) is 10.6 Å². The monoisotopic (exact) mass is 464 g/mol. The zero-order chi connectivity index (χ0) is 23.8. The first-order chi connectivity index (χ1) is 16.4. The molecule has 0 spiro atoms. The van der Waals surface area contributed by atoms with E-state index < -0.39 is 23.0 Å². The molecule has 178 valence electrons. The van der Waals surface area contributed by atoms with Gasteiger partial charge in [0.05, 0.1) is 6.61 Å². The number of fused-ring (bicyclic) bond motifs is 3. The number of carboxylic acid groups (broad SMARTS) is 1. The van der Waals surface area contributed by atoms with Gasteiger partial charge in [-0.25, -0.2) is 4.79 Å². The number of hydrogen-bond acceptors (Lipinski definition) is 5. The van der Waals surface area contributed by atoms with Crippen LogP contribution in [0.25, 0.3) is 11.1 Å². The van der Waals surface area contributed by atoms with Crippen molar-refractivity contribution >= 4 is 18.0 Å². The fraction of sp³-hybridized carbons (Fsp3) is 0.423. The molecule has 2 fully saturated rings. The number of hydrogen-bond donors (Lipinski definition) is 3. The van der Waals surface area contributed by atoms with Crippen molar-refractivity contribution in [2.75, 3.05) is 26.4 Å². The summed E-state index contributed by atoms with van der Waals surface area (Å²) in [6, 6.07) is 16.2. The molecule has 3 aliphatic rings. The minimum Gasteiger partial charge on any atom is -0.481 e. The number of benzene rings is 2. The third kappa shape index (κ3) is 4.03. The summed E-state index contributed by atoms with van der Waals surface area (Å²) >= 11 is 0. The van der Waals surface area contributed by atoms with Gasteiger partial charge in [0.15, 0.2) is 0 Å². The van der Waals surface area contributed by atoms with Gasteiger partial charge in [0.2, 0.25) is 5.91 Å². The zero-order valence-electron chi connectivity index (χ0n) is 18.8. The van der Waals surface area contributed by atoms with Crippen molar-refractivity contribution in [1.29, 1.82) is 0 Å². The standard InChI is InChI=1S/C26H28N2O6/c29-22(27-15-25(23(30)31)10-5-13-33-16-25)26(11-12-26)28-24(32)34-14-21-19-8-3-1-6-17(19)18-7-2-4-9-20(18)21/h1-4,6-9,21H,5,10-16H2,(H,27,29)(H,28,32)(H,30,31). The highest BCUT2D eigenvalue weighted by atomic mass is 16.5. The van der Waals surface area contributed by atoms with Crippen LogP contribution in [0.2, 0.25) is 0 Å². The smallest absolute Gasteiger partial charge is 0.408 e. The molecule has 2 aliphatic carbocycles. The Morgan fingerprint density at radius 2 is 1.65 bits per heavy atom. The van der Waals surface area contributed by atoms with E-state index >= 15 is 0 Å². The van der Waals surface area contributed by atoms with Crippen molar-refractivity contribution in [3.05, 3.63) is 59.7 Å². The summed E-state index contributed by atoms with van der Waals surface area (Å²) < 4.78 is 10.9. The first-order valence-corrected chi connectivity index (χ1v) is 11.7. The number of nitrogens with one attached hydrogen (secondary N) is 2. The van der Waals surface area contributed by atoms with Gasteiger partial charge < -0.3 is 25.2 Å². The van der Waals surface area contributed by atoms with Gasteiger partial charge in [-0.2, -0.15) is 0 Å². The molecule has 34 heavy (non-hydrogen) atoms. The molecule has 0 aromatic heterocycles. The number of ether oxygens (including phenoxy) is 2. The Balaban J connectivity index is 1.19. The molecule has 1 atom stereocenters. The van der Waals surface area contributed by atoms with Crippen LogP contribution in [0, 0.1) is 5.41 Å². The van der Waals surface area contributed by atoms with Crippen LogP contribution >= 0.6 is 0 Å². The van der Waals surface area contributed by atoms with Gasteiger partial charge >= 0.3 is 12.1 Å². The van der Waals surface area contributed by atoms with Gasteiger partial charge in [0, 0.05) is 19.1 Å². The van der Waals surface area contributed by atoms with Gasteiger partial charge in [-0.3, -0.25) is 9.59 Å². The van der Waals surface area contributed by atoms with Crippen LogP contribution in [0.4, 0.5) is 4.79 Å². The molecule has 5 rings (SSSR count). The van der Waals surface area contributed by atoms with Crippen LogP contribution in [0.15, 0.2) is 48.5 Å². The summed E-state index contributed by atoms with van der Waals surface area (Å²) in [7, 11) is 0. The molecule has 1 unspecified atom stereocenters. The second-order valence-electron chi connectivity index (χ2n) is 9.46. The van der Waals surface area contributed by atoms with Gasteiger partial charge in [-0.1, -0.05) is 48.5 Å². The van der Waals surface area contributed by atoms with Crippen molar-refractivity contribution in [2.45, 2.75) is 37.1 Å². The molecule has 1 aliphatic heterocycles. The quantitative estimate of drug-likeness (QED) is 0.580. The van der Waals surface area contributed by atoms with E-state index in [0.29, 0.717) is 32.3 Å². The van der Waals surface area contributed by atoms with Crippen LogP contribution in [-0.4, -0.2) is 55.0 Å². The van der Waals surface area contributed by atoms with Crippen LogP contribution in [0.3, 0.4) is 0 Å². The second kappa shape index (κ2) is 8.76. The molecule has 2 aromatic rings. The lowest BCUT2D eigenvalue weighted by atomic mass is 9.82. The lowest BCUT2D eigenvalue weighted by Gasteiger charge is -2.33. The van der Waals surface area contributed by atoms with Crippen molar-refractivity contribution in [3.8, 4) is 11.1 Å². The van der Waals surface area contributed by atoms with Crippen LogP contribution in [0.5, 0.6) is 0 Å². The fourth-order valence-electron chi connectivity index (χ4n) is 5.02. The van der Waals surface area contributed by atoms with Crippen molar-refractivity contribution in [2.24, 2.45) is 5.41 Å². The average molecular weight is 465 g/mol. The third-order valence-corrected chi connectivity index (χ3v) is 7.23. The highest BCUT2D eigenvalue weighted by Crippen LogP contribution is 2.44. The van der Waals surface area contributed by atoms with Crippen LogP contribution in [0.1, 0.15) is 42.7 Å².